The lowest BCUT2D eigenvalue weighted by molar-refractivity contribution is -0.137. The lowest BCUT2D eigenvalue weighted by atomic mass is 10.1. The number of aryl methyl sites for hydroxylation is 1. The Bertz CT molecular complexity index is 831. The first-order valence-electron chi connectivity index (χ1n) is 8.07. The molecule has 0 saturated carbocycles. The fourth-order valence-electron chi connectivity index (χ4n) is 2.51. The van der Waals surface area contributed by atoms with Crippen LogP contribution in [-0.2, 0) is 17.4 Å². The van der Waals surface area contributed by atoms with Gasteiger partial charge in [0.1, 0.15) is 0 Å². The Kier molecular flexibility index (Phi) is 5.27. The summed E-state index contributed by atoms with van der Waals surface area (Å²) in [5, 5.41) is 5.95. The molecule has 1 fully saturated rings. The summed E-state index contributed by atoms with van der Waals surface area (Å²) < 4.78 is 38.4. The average molecular weight is 378 g/mol. The molecule has 1 heterocycles. The largest absolute Gasteiger partial charge is 0.416 e. The van der Waals surface area contributed by atoms with Crippen LogP contribution in [-0.4, -0.2) is 11.4 Å². The quantitative estimate of drug-likeness (QED) is 0.746. The van der Waals surface area contributed by atoms with Gasteiger partial charge in [0.15, 0.2) is 5.50 Å². The van der Waals surface area contributed by atoms with E-state index in [9.17, 15) is 18.0 Å². The molecule has 3 rings (SSSR count). The minimum Gasteiger partial charge on any atom is -0.357 e. The summed E-state index contributed by atoms with van der Waals surface area (Å²) in [6, 6.07) is 12.8. The summed E-state index contributed by atoms with van der Waals surface area (Å²) in [6.45, 7) is 2.07. The van der Waals surface area contributed by atoms with Crippen molar-refractivity contribution in [3.63, 3.8) is 0 Å². The Labute approximate surface area is 153 Å². The highest BCUT2D eigenvalue weighted by Crippen LogP contribution is 2.33. The number of benzene rings is 2. The zero-order chi connectivity index (χ0) is 18.7. The van der Waals surface area contributed by atoms with Crippen molar-refractivity contribution in [1.82, 2.24) is 5.32 Å². The number of rotatable bonds is 4. The second-order valence-corrected chi connectivity index (χ2v) is 6.94. The van der Waals surface area contributed by atoms with Crippen LogP contribution in [0.1, 0.15) is 23.6 Å². The van der Waals surface area contributed by atoms with Gasteiger partial charge in [0.25, 0.3) is 5.91 Å². The Morgan fingerprint density at radius 3 is 2.58 bits per heavy atom. The minimum atomic E-state index is -4.41. The number of thioether (sulfide) groups is 1. The molecule has 3 nitrogen and oxygen atoms in total. The van der Waals surface area contributed by atoms with Crippen molar-refractivity contribution in [2.24, 2.45) is 0 Å². The van der Waals surface area contributed by atoms with Crippen molar-refractivity contribution in [3.05, 3.63) is 70.1 Å². The lowest BCUT2D eigenvalue weighted by Crippen LogP contribution is -2.30. The molecule has 26 heavy (non-hydrogen) atoms. The number of carbonyl (C=O) groups excluding carboxylic acids is 1. The summed E-state index contributed by atoms with van der Waals surface area (Å²) >= 11 is 1.24. The van der Waals surface area contributed by atoms with E-state index in [4.69, 9.17) is 0 Å². The van der Waals surface area contributed by atoms with E-state index in [-0.39, 0.29) is 11.4 Å². The van der Waals surface area contributed by atoms with Gasteiger partial charge < -0.3 is 10.6 Å². The summed E-state index contributed by atoms with van der Waals surface area (Å²) in [6.07, 6.45) is -2.00. The van der Waals surface area contributed by atoms with Gasteiger partial charge in [-0.1, -0.05) is 43.0 Å². The molecule has 1 saturated heterocycles. The maximum atomic E-state index is 12.8. The third-order valence-electron chi connectivity index (χ3n) is 3.90. The van der Waals surface area contributed by atoms with Crippen molar-refractivity contribution in [2.75, 3.05) is 5.32 Å². The van der Waals surface area contributed by atoms with Crippen molar-refractivity contribution >= 4 is 29.4 Å². The molecule has 1 aliphatic rings. The van der Waals surface area contributed by atoms with Crippen molar-refractivity contribution in [3.8, 4) is 0 Å². The van der Waals surface area contributed by atoms with Crippen LogP contribution in [0.25, 0.3) is 6.08 Å². The fraction of sp³-hybridized carbons (Fsp3) is 0.211. The van der Waals surface area contributed by atoms with Crippen LogP contribution in [0.4, 0.5) is 18.9 Å². The number of anilines is 1. The normalized spacial score (nSPS) is 18.8. The van der Waals surface area contributed by atoms with Gasteiger partial charge in [-0.2, -0.15) is 13.2 Å². The molecule has 2 N–H and O–H groups in total. The number of hydrogen-bond donors (Lipinski definition) is 2. The van der Waals surface area contributed by atoms with Gasteiger partial charge in [0, 0.05) is 5.69 Å². The standard InChI is InChI=1S/C19H17F3N2OS/c1-2-12-6-8-15(9-7-12)23-18-24-17(25)16(26-18)11-13-4-3-5-14(10-13)19(20,21)22/h3-11,18,23H,2H2,1H3,(H,24,25)/b16-11-/t18-/m1/s1. The summed E-state index contributed by atoms with van der Waals surface area (Å²) in [4.78, 5) is 12.5. The molecule has 0 aromatic heterocycles. The van der Waals surface area contributed by atoms with Gasteiger partial charge in [-0.05, 0) is 47.9 Å². The number of amides is 1. The molecule has 136 valence electrons. The Morgan fingerprint density at radius 1 is 1.19 bits per heavy atom. The first-order valence-corrected chi connectivity index (χ1v) is 8.95. The van der Waals surface area contributed by atoms with Crippen LogP contribution in [0.3, 0.4) is 0 Å². The predicted octanol–water partition coefficient (Wildman–Crippen LogP) is 4.87. The number of nitrogens with one attached hydrogen (secondary N) is 2. The van der Waals surface area contributed by atoms with E-state index in [1.54, 1.807) is 6.07 Å². The fourth-order valence-corrected chi connectivity index (χ4v) is 3.49. The van der Waals surface area contributed by atoms with Gasteiger partial charge >= 0.3 is 6.18 Å². The smallest absolute Gasteiger partial charge is 0.357 e. The van der Waals surface area contributed by atoms with Crippen LogP contribution < -0.4 is 10.6 Å². The predicted molar refractivity (Wildman–Crippen MR) is 98.4 cm³/mol. The second-order valence-electron chi connectivity index (χ2n) is 5.80. The third-order valence-corrected chi connectivity index (χ3v) is 4.93. The molecule has 2 aromatic rings. The maximum absolute atomic E-state index is 12.8. The van der Waals surface area contributed by atoms with Gasteiger partial charge in [0.2, 0.25) is 0 Å². The molecule has 0 aliphatic carbocycles. The third kappa shape index (κ3) is 4.40. The number of hydrogen-bond acceptors (Lipinski definition) is 3. The molecule has 0 unspecified atom stereocenters. The first-order chi connectivity index (χ1) is 12.3. The van der Waals surface area contributed by atoms with Gasteiger partial charge in [-0.3, -0.25) is 4.79 Å². The molecular weight excluding hydrogens is 361 g/mol. The van der Waals surface area contributed by atoms with Crippen molar-refractivity contribution in [1.29, 1.82) is 0 Å². The van der Waals surface area contributed by atoms with Gasteiger partial charge in [-0.15, -0.1) is 0 Å². The van der Waals surface area contributed by atoms with Crippen molar-refractivity contribution < 1.29 is 18.0 Å². The molecule has 1 amide bonds. The van der Waals surface area contributed by atoms with Crippen LogP contribution in [0, 0.1) is 0 Å². The van der Waals surface area contributed by atoms with Gasteiger partial charge in [-0.25, -0.2) is 0 Å². The Morgan fingerprint density at radius 2 is 1.92 bits per heavy atom. The number of alkyl halides is 3. The van der Waals surface area contributed by atoms with Crippen LogP contribution >= 0.6 is 11.8 Å². The molecule has 7 heteroatoms. The molecule has 0 spiro atoms. The van der Waals surface area contributed by atoms with Gasteiger partial charge in [0.05, 0.1) is 10.5 Å². The van der Waals surface area contributed by atoms with E-state index in [0.29, 0.717) is 10.5 Å². The highest BCUT2D eigenvalue weighted by Gasteiger charge is 2.31. The van der Waals surface area contributed by atoms with E-state index in [1.807, 2.05) is 24.3 Å². The Balaban J connectivity index is 1.72. The lowest BCUT2D eigenvalue weighted by Gasteiger charge is -2.12. The van der Waals surface area contributed by atoms with Crippen LogP contribution in [0.2, 0.25) is 0 Å². The summed E-state index contributed by atoms with van der Waals surface area (Å²) in [5.41, 5.74) is 1.31. The molecule has 0 radical (unpaired) electrons. The minimum absolute atomic E-state index is 0.310. The monoisotopic (exact) mass is 378 g/mol. The zero-order valence-corrected chi connectivity index (χ0v) is 14.7. The number of carbonyl (C=O) groups is 1. The van der Waals surface area contributed by atoms with Crippen molar-refractivity contribution in [2.45, 2.75) is 25.0 Å². The zero-order valence-electron chi connectivity index (χ0n) is 13.9. The molecule has 0 bridgehead atoms. The molecule has 1 atom stereocenters. The highest BCUT2D eigenvalue weighted by atomic mass is 32.2. The number of halogens is 3. The molecule has 1 aliphatic heterocycles. The van der Waals surface area contributed by atoms with Crippen LogP contribution in [0.15, 0.2) is 53.4 Å². The maximum Gasteiger partial charge on any atom is 0.416 e. The van der Waals surface area contributed by atoms with E-state index in [1.165, 1.54) is 29.5 Å². The molecule has 2 aromatic carbocycles. The molecular formula is C19H17F3N2OS. The van der Waals surface area contributed by atoms with E-state index in [2.05, 4.69) is 17.6 Å². The van der Waals surface area contributed by atoms with E-state index < -0.39 is 11.7 Å². The Hall–Kier alpha value is -2.41. The second kappa shape index (κ2) is 7.45. The summed E-state index contributed by atoms with van der Waals surface area (Å²) in [7, 11) is 0. The SMILES string of the molecule is CCc1ccc(N[C@@H]2NC(=O)/C(=C/c3cccc(C(F)(F)F)c3)S2)cc1. The highest BCUT2D eigenvalue weighted by molar-refractivity contribution is 8.05. The summed E-state index contributed by atoms with van der Waals surface area (Å²) in [5.74, 6) is -0.310. The first kappa shape index (κ1) is 18.4. The average Bonchev–Trinajstić information content (AvgIpc) is 2.94. The van der Waals surface area contributed by atoms with E-state index >= 15 is 0 Å². The van der Waals surface area contributed by atoms with Crippen LogP contribution in [0.5, 0.6) is 0 Å². The topological polar surface area (TPSA) is 41.1 Å². The van der Waals surface area contributed by atoms with E-state index in [0.717, 1.165) is 24.2 Å².